The summed E-state index contributed by atoms with van der Waals surface area (Å²) in [5.41, 5.74) is 2.64. The monoisotopic (exact) mass is 392 g/mol. The second-order valence-electron chi connectivity index (χ2n) is 9.60. The number of furan rings is 1. The quantitative estimate of drug-likeness (QED) is 0.717. The van der Waals surface area contributed by atoms with Crippen molar-refractivity contribution in [3.63, 3.8) is 0 Å². The van der Waals surface area contributed by atoms with E-state index in [0.717, 1.165) is 29.0 Å². The molecule has 0 unspecified atom stereocenters. The lowest BCUT2D eigenvalue weighted by Crippen LogP contribution is -2.47. The van der Waals surface area contributed by atoms with Crippen molar-refractivity contribution in [3.8, 4) is 0 Å². The van der Waals surface area contributed by atoms with Crippen LogP contribution in [0.2, 0.25) is 0 Å². The maximum atomic E-state index is 12.8. The van der Waals surface area contributed by atoms with Gasteiger partial charge in [-0.25, -0.2) is 0 Å². The highest BCUT2D eigenvalue weighted by atomic mass is 16.3. The lowest BCUT2D eigenvalue weighted by atomic mass is 9.49. The highest BCUT2D eigenvalue weighted by molar-refractivity contribution is 6.03. The van der Waals surface area contributed by atoms with Crippen LogP contribution in [0.3, 0.4) is 0 Å². The van der Waals surface area contributed by atoms with Crippen LogP contribution in [0.1, 0.15) is 61.1 Å². The minimum atomic E-state index is -0.281. The van der Waals surface area contributed by atoms with Gasteiger partial charge in [0.2, 0.25) is 5.91 Å². The molecular formula is C24H28N2O3. The van der Waals surface area contributed by atoms with E-state index in [-0.39, 0.29) is 23.0 Å². The van der Waals surface area contributed by atoms with Crippen molar-refractivity contribution in [1.29, 1.82) is 0 Å². The first-order valence-electron chi connectivity index (χ1n) is 10.7. The first kappa shape index (κ1) is 18.5. The summed E-state index contributed by atoms with van der Waals surface area (Å²) >= 11 is 0. The second kappa shape index (κ2) is 7.05. The molecule has 4 bridgehead atoms. The molecule has 4 aliphatic rings. The van der Waals surface area contributed by atoms with Crippen molar-refractivity contribution < 1.29 is 14.0 Å². The first-order chi connectivity index (χ1) is 14.0. The molecule has 5 nitrogen and oxygen atoms in total. The zero-order chi connectivity index (χ0) is 20.0. The molecular weight excluding hydrogens is 364 g/mol. The van der Waals surface area contributed by atoms with Gasteiger partial charge >= 0.3 is 0 Å². The highest BCUT2D eigenvalue weighted by Gasteiger charge is 2.51. The molecule has 0 aliphatic heterocycles. The third kappa shape index (κ3) is 3.70. The van der Waals surface area contributed by atoms with Crippen molar-refractivity contribution in [2.45, 2.75) is 51.9 Å². The summed E-state index contributed by atoms with van der Waals surface area (Å²) in [5, 5.41) is 5.95. The maximum absolute atomic E-state index is 12.8. The van der Waals surface area contributed by atoms with E-state index in [0.29, 0.717) is 12.1 Å². The van der Waals surface area contributed by atoms with Crippen molar-refractivity contribution in [2.75, 3.05) is 10.6 Å². The number of carbonyl (C=O) groups is 2. The van der Waals surface area contributed by atoms with Crippen LogP contribution in [0.4, 0.5) is 11.4 Å². The van der Waals surface area contributed by atoms with E-state index in [1.807, 2.05) is 25.1 Å². The van der Waals surface area contributed by atoms with Crippen LogP contribution in [0.5, 0.6) is 0 Å². The molecule has 2 aromatic rings. The molecule has 4 saturated carbocycles. The Labute approximate surface area is 171 Å². The largest absolute Gasteiger partial charge is 0.459 e. The molecule has 4 aliphatic carbocycles. The second-order valence-corrected chi connectivity index (χ2v) is 9.60. The molecule has 2 amide bonds. The molecule has 1 aromatic heterocycles. The molecule has 1 heterocycles. The van der Waals surface area contributed by atoms with Crippen molar-refractivity contribution in [2.24, 2.45) is 23.2 Å². The average molecular weight is 392 g/mol. The number of rotatable bonds is 5. The Bertz CT molecular complexity index is 896. The smallest absolute Gasteiger partial charge is 0.291 e. The van der Waals surface area contributed by atoms with Crippen LogP contribution in [-0.4, -0.2) is 11.8 Å². The first-order valence-corrected chi connectivity index (χ1v) is 10.7. The van der Waals surface area contributed by atoms with E-state index in [1.54, 1.807) is 12.1 Å². The zero-order valence-electron chi connectivity index (χ0n) is 16.9. The van der Waals surface area contributed by atoms with Crippen LogP contribution in [0.25, 0.3) is 0 Å². The summed E-state index contributed by atoms with van der Waals surface area (Å²) in [5.74, 6) is 2.68. The molecule has 0 saturated heterocycles. The number of benzene rings is 1. The minimum Gasteiger partial charge on any atom is -0.459 e. The Hall–Kier alpha value is -2.56. The highest BCUT2D eigenvalue weighted by Crippen LogP contribution is 2.61. The van der Waals surface area contributed by atoms with Gasteiger partial charge in [-0.3, -0.25) is 9.59 Å². The summed E-state index contributed by atoms with van der Waals surface area (Å²) in [7, 11) is 0. The van der Waals surface area contributed by atoms with Crippen LogP contribution < -0.4 is 10.6 Å². The number of amides is 2. The normalized spacial score (nSPS) is 29.6. The van der Waals surface area contributed by atoms with E-state index >= 15 is 0 Å². The van der Waals surface area contributed by atoms with Gasteiger partial charge in [-0.2, -0.15) is 0 Å². The fourth-order valence-corrected chi connectivity index (χ4v) is 6.53. The Morgan fingerprint density at radius 2 is 1.72 bits per heavy atom. The number of hydrogen-bond acceptors (Lipinski definition) is 3. The third-order valence-corrected chi connectivity index (χ3v) is 7.20. The predicted molar refractivity (Wildman–Crippen MR) is 112 cm³/mol. The molecule has 5 heteroatoms. The SMILES string of the molecule is Cc1cc(NC(=O)CC23CC4CC(CC(C4)C2)C3)ccc1NC(=O)c1ccco1. The van der Waals surface area contributed by atoms with E-state index in [4.69, 9.17) is 4.42 Å². The number of hydrogen-bond donors (Lipinski definition) is 2. The van der Waals surface area contributed by atoms with E-state index in [9.17, 15) is 9.59 Å². The molecule has 0 radical (unpaired) electrons. The Kier molecular flexibility index (Phi) is 4.49. The van der Waals surface area contributed by atoms with E-state index < -0.39 is 0 Å². The van der Waals surface area contributed by atoms with Crippen molar-refractivity contribution in [3.05, 3.63) is 47.9 Å². The molecule has 6 rings (SSSR count). The fraction of sp³-hybridized carbons (Fsp3) is 0.500. The molecule has 2 N–H and O–H groups in total. The Morgan fingerprint density at radius 3 is 2.31 bits per heavy atom. The van der Waals surface area contributed by atoms with Crippen molar-refractivity contribution >= 4 is 23.2 Å². The maximum Gasteiger partial charge on any atom is 0.291 e. The molecule has 1 aromatic carbocycles. The van der Waals surface area contributed by atoms with Gasteiger partial charge in [-0.1, -0.05) is 0 Å². The molecule has 29 heavy (non-hydrogen) atoms. The summed E-state index contributed by atoms with van der Waals surface area (Å²) in [6.45, 7) is 1.92. The zero-order valence-corrected chi connectivity index (χ0v) is 16.9. The topological polar surface area (TPSA) is 71.3 Å². The van der Waals surface area contributed by atoms with Gasteiger partial charge < -0.3 is 15.1 Å². The average Bonchev–Trinajstić information content (AvgIpc) is 3.17. The lowest BCUT2D eigenvalue weighted by molar-refractivity contribution is -0.124. The number of carbonyl (C=O) groups excluding carboxylic acids is 2. The molecule has 4 fully saturated rings. The number of anilines is 2. The summed E-state index contributed by atoms with van der Waals surface area (Å²) in [6, 6.07) is 8.90. The van der Waals surface area contributed by atoms with Crippen LogP contribution >= 0.6 is 0 Å². The van der Waals surface area contributed by atoms with Gasteiger partial charge in [0.25, 0.3) is 5.91 Å². The van der Waals surface area contributed by atoms with Crippen LogP contribution in [-0.2, 0) is 4.79 Å². The van der Waals surface area contributed by atoms with Crippen LogP contribution in [0.15, 0.2) is 41.0 Å². The third-order valence-electron chi connectivity index (χ3n) is 7.20. The van der Waals surface area contributed by atoms with Gasteiger partial charge in [0, 0.05) is 17.8 Å². The van der Waals surface area contributed by atoms with Crippen LogP contribution in [0, 0.1) is 30.1 Å². The van der Waals surface area contributed by atoms with Gasteiger partial charge in [0.1, 0.15) is 0 Å². The summed E-state index contributed by atoms with van der Waals surface area (Å²) in [4.78, 5) is 25.0. The molecule has 0 atom stereocenters. The van der Waals surface area contributed by atoms with E-state index in [2.05, 4.69) is 10.6 Å². The van der Waals surface area contributed by atoms with Gasteiger partial charge in [0.05, 0.1) is 6.26 Å². The summed E-state index contributed by atoms with van der Waals surface area (Å²) in [6.07, 6.45) is 10.0. The minimum absolute atomic E-state index is 0.124. The van der Waals surface area contributed by atoms with E-state index in [1.165, 1.54) is 44.8 Å². The Balaban J connectivity index is 1.22. The molecule has 0 spiro atoms. The lowest BCUT2D eigenvalue weighted by Gasteiger charge is -2.56. The number of aryl methyl sites for hydroxylation is 1. The standard InChI is InChI=1S/C24H28N2O3/c1-15-7-19(4-5-20(15)26-23(28)21-3-2-6-29-21)25-22(27)14-24-11-16-8-17(12-24)10-18(9-16)13-24/h2-7,16-18H,8-14H2,1H3,(H,25,27)(H,26,28). The van der Waals surface area contributed by atoms with Gasteiger partial charge in [-0.15, -0.1) is 0 Å². The molecule has 152 valence electrons. The summed E-state index contributed by atoms with van der Waals surface area (Å²) < 4.78 is 5.13. The Morgan fingerprint density at radius 1 is 1.03 bits per heavy atom. The predicted octanol–water partition coefficient (Wildman–Crippen LogP) is 5.39. The van der Waals surface area contributed by atoms with Gasteiger partial charge in [-0.05, 0) is 105 Å². The number of nitrogens with one attached hydrogen (secondary N) is 2. The fourth-order valence-electron chi connectivity index (χ4n) is 6.53. The van der Waals surface area contributed by atoms with Gasteiger partial charge in [0.15, 0.2) is 5.76 Å². The van der Waals surface area contributed by atoms with Crippen molar-refractivity contribution in [1.82, 2.24) is 0 Å².